The summed E-state index contributed by atoms with van der Waals surface area (Å²) in [5, 5.41) is 2.83. The average Bonchev–Trinajstić information content (AvgIpc) is 2.57. The van der Waals surface area contributed by atoms with E-state index in [0.717, 1.165) is 36.1 Å². The maximum atomic E-state index is 13.5. The van der Waals surface area contributed by atoms with Crippen LogP contribution in [0.1, 0.15) is 36.8 Å². The number of aryl methyl sites for hydroxylation is 1. The summed E-state index contributed by atoms with van der Waals surface area (Å²) in [6, 6.07) is 2.96. The highest BCUT2D eigenvalue weighted by molar-refractivity contribution is 6.03. The van der Waals surface area contributed by atoms with Crippen molar-refractivity contribution in [2.45, 2.75) is 32.1 Å². The first-order chi connectivity index (χ1) is 8.13. The summed E-state index contributed by atoms with van der Waals surface area (Å²) in [6.45, 7) is 2.44. The average molecular weight is 236 g/mol. The number of hydrogen-bond donors (Lipinski definition) is 2. The van der Waals surface area contributed by atoms with Gasteiger partial charge in [0.2, 0.25) is 5.91 Å². The number of nitrogens with one attached hydrogen (secondary N) is 1. The Morgan fingerprint density at radius 2 is 2.18 bits per heavy atom. The second-order valence-electron chi connectivity index (χ2n) is 4.49. The Labute approximate surface area is 100 Å². The van der Waals surface area contributed by atoms with E-state index in [1.807, 2.05) is 0 Å². The van der Waals surface area contributed by atoms with E-state index >= 15 is 0 Å². The third-order valence-corrected chi connectivity index (χ3v) is 3.22. The van der Waals surface area contributed by atoms with Gasteiger partial charge >= 0.3 is 0 Å². The lowest BCUT2D eigenvalue weighted by Crippen LogP contribution is -2.09. The van der Waals surface area contributed by atoms with Crippen LogP contribution in [0.5, 0.6) is 0 Å². The summed E-state index contributed by atoms with van der Waals surface area (Å²) >= 11 is 0. The maximum absolute atomic E-state index is 13.5. The second-order valence-corrected chi connectivity index (χ2v) is 4.49. The van der Waals surface area contributed by atoms with Gasteiger partial charge < -0.3 is 11.1 Å². The Morgan fingerprint density at radius 3 is 2.88 bits per heavy atom. The molecule has 1 amide bonds. The van der Waals surface area contributed by atoms with E-state index in [9.17, 15) is 9.18 Å². The summed E-state index contributed by atoms with van der Waals surface area (Å²) in [4.78, 5) is 11.6. The predicted octanol–water partition coefficient (Wildman–Crippen LogP) is 2.16. The molecule has 1 atom stereocenters. The summed E-state index contributed by atoms with van der Waals surface area (Å²) < 4.78 is 13.5. The number of nitrogens with two attached hydrogens (primary N) is 1. The molecule has 0 saturated heterocycles. The summed E-state index contributed by atoms with van der Waals surface area (Å²) in [5.41, 5.74) is 7.90. The van der Waals surface area contributed by atoms with Gasteiger partial charge in [-0.05, 0) is 56.0 Å². The number of anilines is 1. The fourth-order valence-electron chi connectivity index (χ4n) is 2.21. The minimum absolute atomic E-state index is 0.0503. The van der Waals surface area contributed by atoms with Crippen molar-refractivity contribution in [3.05, 3.63) is 29.1 Å². The van der Waals surface area contributed by atoms with Crippen LogP contribution in [-0.2, 0) is 11.2 Å². The molecular formula is C13H17FN2O. The van der Waals surface area contributed by atoms with Crippen molar-refractivity contribution in [2.75, 3.05) is 11.9 Å². The molecule has 1 aliphatic heterocycles. The van der Waals surface area contributed by atoms with Gasteiger partial charge in [0.15, 0.2) is 0 Å². The first kappa shape index (κ1) is 12.0. The molecule has 0 fully saturated rings. The molecule has 2 rings (SSSR count). The number of benzene rings is 1. The monoisotopic (exact) mass is 236 g/mol. The van der Waals surface area contributed by atoms with E-state index in [2.05, 4.69) is 5.32 Å². The van der Waals surface area contributed by atoms with E-state index in [-0.39, 0.29) is 17.6 Å². The second kappa shape index (κ2) is 4.84. The predicted molar refractivity (Wildman–Crippen MR) is 65.4 cm³/mol. The molecule has 0 bridgehead atoms. The normalized spacial score (nSPS) is 18.1. The minimum Gasteiger partial charge on any atom is -0.330 e. The Balaban J connectivity index is 2.28. The van der Waals surface area contributed by atoms with Gasteiger partial charge in [-0.25, -0.2) is 4.39 Å². The van der Waals surface area contributed by atoms with E-state index in [1.54, 1.807) is 6.92 Å². The van der Waals surface area contributed by atoms with Crippen molar-refractivity contribution < 1.29 is 9.18 Å². The van der Waals surface area contributed by atoms with Crippen molar-refractivity contribution in [1.29, 1.82) is 0 Å². The molecule has 92 valence electrons. The van der Waals surface area contributed by atoms with Crippen LogP contribution in [0.4, 0.5) is 10.1 Å². The number of hydrogen-bond acceptors (Lipinski definition) is 2. The molecule has 4 heteroatoms. The van der Waals surface area contributed by atoms with Crippen LogP contribution in [0.15, 0.2) is 12.1 Å². The zero-order valence-electron chi connectivity index (χ0n) is 9.92. The van der Waals surface area contributed by atoms with E-state index in [0.29, 0.717) is 6.54 Å². The van der Waals surface area contributed by atoms with Crippen molar-refractivity contribution in [3.8, 4) is 0 Å². The molecular weight excluding hydrogens is 219 g/mol. The van der Waals surface area contributed by atoms with E-state index < -0.39 is 0 Å². The number of fused-ring (bicyclic) bond motifs is 1. The lowest BCUT2D eigenvalue weighted by Gasteiger charge is -2.08. The topological polar surface area (TPSA) is 55.1 Å². The van der Waals surface area contributed by atoms with Gasteiger partial charge in [0.05, 0.1) is 5.92 Å². The Hall–Kier alpha value is -1.42. The summed E-state index contributed by atoms with van der Waals surface area (Å²) in [6.07, 6.45) is 2.58. The van der Waals surface area contributed by atoms with Gasteiger partial charge in [0, 0.05) is 5.69 Å². The number of halogens is 1. The fraction of sp³-hybridized carbons (Fsp3) is 0.462. The highest BCUT2D eigenvalue weighted by atomic mass is 19.1. The van der Waals surface area contributed by atoms with Gasteiger partial charge in [-0.15, -0.1) is 0 Å². The highest BCUT2D eigenvalue weighted by Crippen LogP contribution is 2.36. The minimum atomic E-state index is -0.269. The lowest BCUT2D eigenvalue weighted by molar-refractivity contribution is -0.116. The van der Waals surface area contributed by atoms with Crippen molar-refractivity contribution >= 4 is 11.6 Å². The molecule has 1 aromatic carbocycles. The molecule has 0 radical (unpaired) electrons. The molecule has 3 N–H and O–H groups in total. The van der Waals surface area contributed by atoms with E-state index in [1.165, 1.54) is 12.1 Å². The largest absolute Gasteiger partial charge is 0.330 e. The molecule has 0 aromatic heterocycles. The maximum Gasteiger partial charge on any atom is 0.231 e. The molecule has 3 nitrogen and oxygen atoms in total. The Bertz CT molecular complexity index is 445. The van der Waals surface area contributed by atoms with Gasteiger partial charge in [0.1, 0.15) is 5.82 Å². The zero-order valence-corrected chi connectivity index (χ0v) is 9.92. The third kappa shape index (κ3) is 2.31. The highest BCUT2D eigenvalue weighted by Gasteiger charge is 2.28. The summed E-state index contributed by atoms with van der Waals surface area (Å²) in [7, 11) is 0. The first-order valence-electron chi connectivity index (χ1n) is 5.96. The smallest absolute Gasteiger partial charge is 0.231 e. The zero-order chi connectivity index (χ0) is 12.4. The first-order valence-corrected chi connectivity index (χ1v) is 5.96. The number of unbranched alkanes of at least 4 members (excludes halogenated alkanes) is 1. The molecule has 1 aromatic rings. The quantitative estimate of drug-likeness (QED) is 0.787. The number of carbonyl (C=O) groups excluding carboxylic acids is 1. The molecule has 0 saturated carbocycles. The summed E-state index contributed by atoms with van der Waals surface area (Å²) in [5.74, 6) is -0.575. The van der Waals surface area contributed by atoms with Gasteiger partial charge in [-0.3, -0.25) is 4.79 Å². The van der Waals surface area contributed by atoms with Crippen LogP contribution in [-0.4, -0.2) is 12.5 Å². The van der Waals surface area contributed by atoms with Crippen LogP contribution in [0.25, 0.3) is 0 Å². The van der Waals surface area contributed by atoms with Crippen molar-refractivity contribution in [3.63, 3.8) is 0 Å². The van der Waals surface area contributed by atoms with Crippen molar-refractivity contribution in [1.82, 2.24) is 0 Å². The Kier molecular flexibility index (Phi) is 3.43. The number of carbonyl (C=O) groups is 1. The van der Waals surface area contributed by atoms with Crippen LogP contribution in [0.2, 0.25) is 0 Å². The number of amides is 1. The molecule has 17 heavy (non-hydrogen) atoms. The third-order valence-electron chi connectivity index (χ3n) is 3.22. The van der Waals surface area contributed by atoms with Gasteiger partial charge in [0.25, 0.3) is 0 Å². The molecule has 1 aliphatic rings. The SMILES string of the molecule is CC1C(=O)Nc2c(CCCCN)cc(F)cc21. The standard InChI is InChI=1S/C13H17FN2O/c1-8-11-7-10(14)6-9(4-2-3-5-15)12(11)16-13(8)17/h6-8H,2-5,15H2,1H3,(H,16,17). The van der Waals surface area contributed by atoms with Crippen LogP contribution < -0.4 is 11.1 Å². The van der Waals surface area contributed by atoms with Crippen molar-refractivity contribution in [2.24, 2.45) is 5.73 Å². The fourth-order valence-corrected chi connectivity index (χ4v) is 2.21. The van der Waals surface area contributed by atoms with Gasteiger partial charge in [-0.2, -0.15) is 0 Å². The van der Waals surface area contributed by atoms with Crippen LogP contribution >= 0.6 is 0 Å². The molecule has 0 spiro atoms. The lowest BCUT2D eigenvalue weighted by atomic mass is 9.97. The van der Waals surface area contributed by atoms with Crippen LogP contribution in [0, 0.1) is 5.82 Å². The Morgan fingerprint density at radius 1 is 1.41 bits per heavy atom. The van der Waals surface area contributed by atoms with Crippen LogP contribution in [0.3, 0.4) is 0 Å². The van der Waals surface area contributed by atoms with E-state index in [4.69, 9.17) is 5.73 Å². The molecule has 1 unspecified atom stereocenters. The van der Waals surface area contributed by atoms with Gasteiger partial charge in [-0.1, -0.05) is 0 Å². The molecule has 1 heterocycles. The molecule has 0 aliphatic carbocycles. The number of rotatable bonds is 4.